The van der Waals surface area contributed by atoms with E-state index in [9.17, 15) is 0 Å². The minimum absolute atomic E-state index is 1.07. The van der Waals surface area contributed by atoms with Gasteiger partial charge in [-0.25, -0.2) is 4.98 Å². The first-order valence-electron chi connectivity index (χ1n) is 2.74. The van der Waals surface area contributed by atoms with Crippen LogP contribution in [0.3, 0.4) is 0 Å². The molecule has 0 aliphatic carbocycles. The number of aromatic nitrogens is 1. The molecule has 1 nitrogen and oxygen atoms in total. The first-order chi connectivity index (χ1) is 3.83. The van der Waals surface area contributed by atoms with Crippen molar-refractivity contribution in [3.05, 3.63) is 16.1 Å². The predicted molar refractivity (Wildman–Crippen MR) is 36.2 cm³/mol. The van der Waals surface area contributed by atoms with Gasteiger partial charge in [-0.15, -0.1) is 11.3 Å². The summed E-state index contributed by atoms with van der Waals surface area (Å²) in [5.41, 5.74) is 0. The average molecular weight is 127 g/mol. The lowest BCUT2D eigenvalue weighted by molar-refractivity contribution is 1.09. The highest BCUT2D eigenvalue weighted by atomic mass is 32.1. The molecule has 1 aromatic rings. The number of hydrogen-bond acceptors (Lipinski definition) is 2. The van der Waals surface area contributed by atoms with E-state index in [0.717, 1.165) is 6.42 Å². The molecular weight excluding hydrogens is 118 g/mol. The zero-order valence-electron chi connectivity index (χ0n) is 5.14. The molecule has 0 fully saturated rings. The van der Waals surface area contributed by atoms with Gasteiger partial charge in [0.25, 0.3) is 0 Å². The molecule has 0 atom stereocenters. The lowest BCUT2D eigenvalue weighted by Crippen LogP contribution is -1.70. The van der Waals surface area contributed by atoms with Crippen molar-refractivity contribution in [1.29, 1.82) is 0 Å². The fraction of sp³-hybridized carbons (Fsp3) is 0.500. The number of thiazole rings is 1. The van der Waals surface area contributed by atoms with E-state index in [4.69, 9.17) is 0 Å². The van der Waals surface area contributed by atoms with E-state index >= 15 is 0 Å². The highest BCUT2D eigenvalue weighted by Crippen LogP contribution is 2.10. The van der Waals surface area contributed by atoms with E-state index in [1.807, 2.05) is 6.20 Å². The fourth-order valence-electron chi connectivity index (χ4n) is 0.565. The summed E-state index contributed by atoms with van der Waals surface area (Å²) in [6.07, 6.45) is 2.99. The Labute approximate surface area is 53.4 Å². The Balaban J connectivity index is 2.84. The van der Waals surface area contributed by atoms with Gasteiger partial charge in [0.2, 0.25) is 0 Å². The van der Waals surface area contributed by atoms with Crippen molar-refractivity contribution >= 4 is 11.3 Å². The third-order valence-corrected chi connectivity index (χ3v) is 2.03. The summed E-state index contributed by atoms with van der Waals surface area (Å²) in [6.45, 7) is 4.20. The first-order valence-corrected chi connectivity index (χ1v) is 3.56. The van der Waals surface area contributed by atoms with Gasteiger partial charge in [-0.05, 0) is 13.3 Å². The van der Waals surface area contributed by atoms with Gasteiger partial charge >= 0.3 is 0 Å². The van der Waals surface area contributed by atoms with Gasteiger partial charge in [0.05, 0.1) is 5.01 Å². The molecule has 0 unspecified atom stereocenters. The van der Waals surface area contributed by atoms with E-state index in [1.54, 1.807) is 11.3 Å². The Kier molecular flexibility index (Phi) is 1.63. The smallest absolute Gasteiger partial charge is 0.0924 e. The third-order valence-electron chi connectivity index (χ3n) is 0.972. The van der Waals surface area contributed by atoms with Crippen LogP contribution in [0.5, 0.6) is 0 Å². The van der Waals surface area contributed by atoms with Crippen LogP contribution >= 0.6 is 11.3 Å². The summed E-state index contributed by atoms with van der Waals surface area (Å²) in [5, 5.41) is 1.24. The van der Waals surface area contributed by atoms with Crippen molar-refractivity contribution in [2.75, 3.05) is 0 Å². The summed E-state index contributed by atoms with van der Waals surface area (Å²) >= 11 is 1.78. The molecule has 0 spiro atoms. The summed E-state index contributed by atoms with van der Waals surface area (Å²) in [6, 6.07) is 0. The maximum Gasteiger partial charge on any atom is 0.0924 e. The van der Waals surface area contributed by atoms with E-state index < -0.39 is 0 Å². The lowest BCUT2D eigenvalue weighted by atomic mass is 10.5. The SMILES string of the molecule is CCc1ncc(C)s1. The Bertz CT molecular complexity index is 169. The van der Waals surface area contributed by atoms with Crippen LogP contribution in [-0.2, 0) is 6.42 Å². The quantitative estimate of drug-likeness (QED) is 0.562. The van der Waals surface area contributed by atoms with Crippen LogP contribution in [0.15, 0.2) is 6.20 Å². The lowest BCUT2D eigenvalue weighted by Gasteiger charge is -1.78. The minimum atomic E-state index is 1.07. The average Bonchev–Trinajstić information content (AvgIpc) is 2.14. The first kappa shape index (κ1) is 5.76. The molecular formula is C6H9NS. The topological polar surface area (TPSA) is 12.9 Å². The minimum Gasteiger partial charge on any atom is -0.249 e. The molecule has 1 aromatic heterocycles. The molecule has 0 aromatic carbocycles. The van der Waals surface area contributed by atoms with E-state index in [-0.39, 0.29) is 0 Å². The number of hydrogen-bond donors (Lipinski definition) is 0. The number of nitrogens with zero attached hydrogens (tertiary/aromatic N) is 1. The van der Waals surface area contributed by atoms with Crippen LogP contribution in [0.4, 0.5) is 0 Å². The van der Waals surface area contributed by atoms with Gasteiger partial charge < -0.3 is 0 Å². The van der Waals surface area contributed by atoms with Crippen molar-refractivity contribution in [3.8, 4) is 0 Å². The maximum atomic E-state index is 4.15. The van der Waals surface area contributed by atoms with Gasteiger partial charge in [-0.3, -0.25) is 0 Å². The number of rotatable bonds is 1. The van der Waals surface area contributed by atoms with Crippen molar-refractivity contribution in [2.45, 2.75) is 20.3 Å². The van der Waals surface area contributed by atoms with Crippen LogP contribution in [0, 0.1) is 6.92 Å². The molecule has 0 N–H and O–H groups in total. The molecule has 8 heavy (non-hydrogen) atoms. The molecule has 0 saturated carbocycles. The Morgan fingerprint density at radius 3 is 2.75 bits per heavy atom. The normalized spacial score (nSPS) is 9.75. The van der Waals surface area contributed by atoms with Crippen molar-refractivity contribution < 1.29 is 0 Å². The monoisotopic (exact) mass is 127 g/mol. The molecule has 0 radical (unpaired) electrons. The zero-order valence-corrected chi connectivity index (χ0v) is 5.96. The van der Waals surface area contributed by atoms with E-state index in [1.165, 1.54) is 9.88 Å². The highest BCUT2D eigenvalue weighted by Gasteiger charge is 1.91. The summed E-state index contributed by atoms with van der Waals surface area (Å²) < 4.78 is 0. The van der Waals surface area contributed by atoms with Crippen LogP contribution in [0.1, 0.15) is 16.8 Å². The Morgan fingerprint density at radius 1 is 1.75 bits per heavy atom. The molecule has 1 rings (SSSR count). The molecule has 0 aliphatic rings. The Hall–Kier alpha value is -0.370. The van der Waals surface area contributed by atoms with Crippen LogP contribution in [-0.4, -0.2) is 4.98 Å². The number of aryl methyl sites for hydroxylation is 2. The van der Waals surface area contributed by atoms with Gasteiger partial charge in [-0.2, -0.15) is 0 Å². The second kappa shape index (κ2) is 2.27. The van der Waals surface area contributed by atoms with Crippen molar-refractivity contribution in [1.82, 2.24) is 4.98 Å². The van der Waals surface area contributed by atoms with Crippen molar-refractivity contribution in [2.24, 2.45) is 0 Å². The predicted octanol–water partition coefficient (Wildman–Crippen LogP) is 2.01. The van der Waals surface area contributed by atoms with Gasteiger partial charge in [0.1, 0.15) is 0 Å². The molecule has 0 bridgehead atoms. The molecule has 0 aliphatic heterocycles. The molecule has 0 amide bonds. The second-order valence-corrected chi connectivity index (χ2v) is 3.04. The van der Waals surface area contributed by atoms with Crippen LogP contribution in [0.2, 0.25) is 0 Å². The maximum absolute atomic E-state index is 4.15. The van der Waals surface area contributed by atoms with Gasteiger partial charge in [-0.1, -0.05) is 6.92 Å². The molecule has 1 heterocycles. The standard InChI is InChI=1S/C6H9NS/c1-3-6-7-4-5(2)8-6/h4H,3H2,1-2H3. The fourth-order valence-corrected chi connectivity index (χ4v) is 1.29. The summed E-state index contributed by atoms with van der Waals surface area (Å²) in [7, 11) is 0. The summed E-state index contributed by atoms with van der Waals surface area (Å²) in [5.74, 6) is 0. The highest BCUT2D eigenvalue weighted by molar-refractivity contribution is 7.11. The third kappa shape index (κ3) is 1.07. The second-order valence-electron chi connectivity index (χ2n) is 1.72. The Morgan fingerprint density at radius 2 is 2.50 bits per heavy atom. The van der Waals surface area contributed by atoms with Crippen LogP contribution < -0.4 is 0 Å². The van der Waals surface area contributed by atoms with Gasteiger partial charge in [0.15, 0.2) is 0 Å². The van der Waals surface area contributed by atoms with Crippen molar-refractivity contribution in [3.63, 3.8) is 0 Å². The summed E-state index contributed by atoms with van der Waals surface area (Å²) in [4.78, 5) is 5.46. The zero-order chi connectivity index (χ0) is 5.98. The van der Waals surface area contributed by atoms with Crippen LogP contribution in [0.25, 0.3) is 0 Å². The van der Waals surface area contributed by atoms with Gasteiger partial charge in [0, 0.05) is 11.1 Å². The molecule has 44 valence electrons. The van der Waals surface area contributed by atoms with E-state index in [0.29, 0.717) is 0 Å². The largest absolute Gasteiger partial charge is 0.249 e. The molecule has 0 saturated heterocycles. The molecule has 2 heteroatoms. The van der Waals surface area contributed by atoms with E-state index in [2.05, 4.69) is 18.8 Å².